The van der Waals surface area contributed by atoms with E-state index in [0.717, 1.165) is 19.4 Å². The first-order valence-corrected chi connectivity index (χ1v) is 6.77. The lowest BCUT2D eigenvalue weighted by molar-refractivity contribution is -0.118. The van der Waals surface area contributed by atoms with Crippen molar-refractivity contribution in [3.63, 3.8) is 0 Å². The van der Waals surface area contributed by atoms with E-state index in [9.17, 15) is 4.79 Å². The summed E-state index contributed by atoms with van der Waals surface area (Å²) < 4.78 is 0. The van der Waals surface area contributed by atoms with Crippen LogP contribution in [-0.2, 0) is 4.79 Å². The molecule has 0 aromatic rings. The van der Waals surface area contributed by atoms with Crippen LogP contribution in [0.2, 0.25) is 0 Å². The second kappa shape index (κ2) is 6.39. The van der Waals surface area contributed by atoms with Gasteiger partial charge >= 0.3 is 0 Å². The van der Waals surface area contributed by atoms with Crippen molar-refractivity contribution in [1.82, 2.24) is 4.90 Å². The summed E-state index contributed by atoms with van der Waals surface area (Å²) in [5.41, 5.74) is 0.522. The van der Waals surface area contributed by atoms with Gasteiger partial charge in [-0.05, 0) is 50.7 Å². The predicted molar refractivity (Wildman–Crippen MR) is 68.6 cm³/mol. The predicted octanol–water partition coefficient (Wildman–Crippen LogP) is 3.26. The first kappa shape index (κ1) is 13.7. The molecule has 94 valence electrons. The molecule has 0 aromatic carbocycles. The smallest absolute Gasteiger partial charge is 0.132 e. The molecule has 0 bridgehead atoms. The molecule has 1 fully saturated rings. The minimum Gasteiger partial charge on any atom is -0.303 e. The molecular formula is C14H27NO. The minimum absolute atomic E-state index is 0.412. The number of hydrogen-bond donors (Lipinski definition) is 0. The Hall–Kier alpha value is -0.370. The highest BCUT2D eigenvalue weighted by Crippen LogP contribution is 2.29. The number of carbonyl (C=O) groups is 1. The van der Waals surface area contributed by atoms with Crippen LogP contribution in [0.1, 0.15) is 59.3 Å². The molecule has 0 spiro atoms. The molecule has 1 aliphatic rings. The minimum atomic E-state index is 0.412. The summed E-state index contributed by atoms with van der Waals surface area (Å²) in [6.45, 7) is 10.3. The number of rotatable bonds is 5. The van der Waals surface area contributed by atoms with Crippen molar-refractivity contribution in [3.8, 4) is 0 Å². The zero-order chi connectivity index (χ0) is 12.0. The third-order valence-electron chi connectivity index (χ3n) is 3.76. The third-order valence-corrected chi connectivity index (χ3v) is 3.76. The molecular weight excluding hydrogens is 198 g/mol. The van der Waals surface area contributed by atoms with Gasteiger partial charge in [-0.1, -0.05) is 20.8 Å². The standard InChI is InChI=1S/C14H27NO/c1-4-13(16)7-5-10-15-11-6-8-14(2,3)9-12-15/h4-12H2,1-3H3. The van der Waals surface area contributed by atoms with E-state index in [2.05, 4.69) is 18.7 Å². The second-order valence-corrected chi connectivity index (χ2v) is 5.86. The molecule has 0 aliphatic carbocycles. The van der Waals surface area contributed by atoms with E-state index in [1.165, 1.54) is 32.4 Å². The molecule has 2 nitrogen and oxygen atoms in total. The van der Waals surface area contributed by atoms with E-state index in [4.69, 9.17) is 0 Å². The first-order valence-electron chi connectivity index (χ1n) is 6.77. The van der Waals surface area contributed by atoms with Crippen LogP contribution in [0, 0.1) is 5.41 Å². The van der Waals surface area contributed by atoms with Gasteiger partial charge in [-0.2, -0.15) is 0 Å². The Labute approximate surface area is 100 Å². The number of carbonyl (C=O) groups excluding carboxylic acids is 1. The van der Waals surface area contributed by atoms with Crippen molar-refractivity contribution in [3.05, 3.63) is 0 Å². The Morgan fingerprint density at radius 1 is 1.25 bits per heavy atom. The Bertz CT molecular complexity index is 223. The van der Waals surface area contributed by atoms with Gasteiger partial charge in [-0.25, -0.2) is 0 Å². The summed E-state index contributed by atoms with van der Waals surface area (Å²) in [5, 5.41) is 0. The van der Waals surface area contributed by atoms with Crippen molar-refractivity contribution in [1.29, 1.82) is 0 Å². The molecule has 1 rings (SSSR count). The van der Waals surface area contributed by atoms with Crippen LogP contribution in [0.5, 0.6) is 0 Å². The van der Waals surface area contributed by atoms with Crippen LogP contribution < -0.4 is 0 Å². The van der Waals surface area contributed by atoms with Gasteiger partial charge < -0.3 is 4.90 Å². The number of likely N-dealkylation sites (tertiary alicyclic amines) is 1. The molecule has 0 amide bonds. The Kier molecular flexibility index (Phi) is 5.47. The SMILES string of the molecule is CCC(=O)CCCN1CCCC(C)(C)CC1. The van der Waals surface area contributed by atoms with Crippen molar-refractivity contribution in [2.45, 2.75) is 59.3 Å². The normalized spacial score (nSPS) is 21.7. The van der Waals surface area contributed by atoms with Gasteiger partial charge in [-0.3, -0.25) is 4.79 Å². The van der Waals surface area contributed by atoms with Crippen LogP contribution in [0.25, 0.3) is 0 Å². The van der Waals surface area contributed by atoms with Gasteiger partial charge in [0.1, 0.15) is 5.78 Å². The largest absolute Gasteiger partial charge is 0.303 e. The quantitative estimate of drug-likeness (QED) is 0.716. The number of hydrogen-bond acceptors (Lipinski definition) is 2. The van der Waals surface area contributed by atoms with Crippen LogP contribution >= 0.6 is 0 Å². The van der Waals surface area contributed by atoms with Gasteiger partial charge in [0, 0.05) is 12.8 Å². The molecule has 0 N–H and O–H groups in total. The maximum absolute atomic E-state index is 11.2. The van der Waals surface area contributed by atoms with E-state index >= 15 is 0 Å². The maximum atomic E-state index is 11.2. The highest BCUT2D eigenvalue weighted by atomic mass is 16.1. The highest BCUT2D eigenvalue weighted by molar-refractivity contribution is 5.77. The molecule has 2 heteroatoms. The highest BCUT2D eigenvalue weighted by Gasteiger charge is 2.22. The fraction of sp³-hybridized carbons (Fsp3) is 0.929. The molecule has 0 unspecified atom stereocenters. The lowest BCUT2D eigenvalue weighted by Gasteiger charge is -2.23. The van der Waals surface area contributed by atoms with Crippen LogP contribution in [-0.4, -0.2) is 30.3 Å². The number of nitrogens with zero attached hydrogens (tertiary/aromatic N) is 1. The number of ketones is 1. The van der Waals surface area contributed by atoms with E-state index < -0.39 is 0 Å². The van der Waals surface area contributed by atoms with Crippen molar-refractivity contribution >= 4 is 5.78 Å². The first-order chi connectivity index (χ1) is 7.53. The molecule has 1 saturated heterocycles. The topological polar surface area (TPSA) is 20.3 Å². The van der Waals surface area contributed by atoms with Crippen LogP contribution in [0.4, 0.5) is 0 Å². The average molecular weight is 225 g/mol. The molecule has 0 radical (unpaired) electrons. The summed E-state index contributed by atoms with van der Waals surface area (Å²) in [6.07, 6.45) is 6.48. The van der Waals surface area contributed by atoms with Crippen molar-refractivity contribution in [2.75, 3.05) is 19.6 Å². The van der Waals surface area contributed by atoms with Gasteiger partial charge in [-0.15, -0.1) is 0 Å². The molecule has 0 saturated carbocycles. The monoisotopic (exact) mass is 225 g/mol. The van der Waals surface area contributed by atoms with E-state index in [0.29, 0.717) is 17.6 Å². The zero-order valence-corrected chi connectivity index (χ0v) is 11.2. The van der Waals surface area contributed by atoms with E-state index in [1.54, 1.807) is 0 Å². The maximum Gasteiger partial charge on any atom is 0.132 e. The van der Waals surface area contributed by atoms with Crippen molar-refractivity contribution < 1.29 is 4.79 Å². The molecule has 16 heavy (non-hydrogen) atoms. The second-order valence-electron chi connectivity index (χ2n) is 5.86. The fourth-order valence-electron chi connectivity index (χ4n) is 2.38. The summed E-state index contributed by atoms with van der Waals surface area (Å²) in [6, 6.07) is 0. The van der Waals surface area contributed by atoms with Gasteiger partial charge in [0.05, 0.1) is 0 Å². The van der Waals surface area contributed by atoms with Crippen LogP contribution in [0.3, 0.4) is 0 Å². The molecule has 0 aromatic heterocycles. The molecule has 1 aliphatic heterocycles. The van der Waals surface area contributed by atoms with Gasteiger partial charge in [0.25, 0.3) is 0 Å². The van der Waals surface area contributed by atoms with Crippen molar-refractivity contribution in [2.24, 2.45) is 5.41 Å². The van der Waals surface area contributed by atoms with Gasteiger partial charge in [0.2, 0.25) is 0 Å². The number of Topliss-reactive ketones (excluding diaryl/α,β-unsaturated/α-hetero) is 1. The third kappa shape index (κ3) is 5.11. The zero-order valence-electron chi connectivity index (χ0n) is 11.2. The fourth-order valence-corrected chi connectivity index (χ4v) is 2.38. The summed E-state index contributed by atoms with van der Waals surface area (Å²) >= 11 is 0. The summed E-state index contributed by atoms with van der Waals surface area (Å²) in [4.78, 5) is 13.7. The Morgan fingerprint density at radius 2 is 2.00 bits per heavy atom. The lowest BCUT2D eigenvalue weighted by atomic mass is 9.85. The van der Waals surface area contributed by atoms with Gasteiger partial charge in [0.15, 0.2) is 0 Å². The average Bonchev–Trinajstić information content (AvgIpc) is 2.40. The summed E-state index contributed by atoms with van der Waals surface area (Å²) in [7, 11) is 0. The lowest BCUT2D eigenvalue weighted by Crippen LogP contribution is -2.27. The molecule has 0 atom stereocenters. The molecule has 1 heterocycles. The Balaban J connectivity index is 2.20. The van der Waals surface area contributed by atoms with E-state index in [1.807, 2.05) is 6.92 Å². The van der Waals surface area contributed by atoms with Crippen LogP contribution in [0.15, 0.2) is 0 Å². The van der Waals surface area contributed by atoms with E-state index in [-0.39, 0.29) is 0 Å². The summed E-state index contributed by atoms with van der Waals surface area (Å²) in [5.74, 6) is 0.412. The Morgan fingerprint density at radius 3 is 2.69 bits per heavy atom.